The molecule has 18 heteroatoms. The van der Waals surface area contributed by atoms with Crippen LogP contribution in [0, 0.1) is 24.2 Å². The lowest BCUT2D eigenvalue weighted by molar-refractivity contribution is -0.137. The van der Waals surface area contributed by atoms with Crippen molar-refractivity contribution < 1.29 is 38.6 Å². The predicted molar refractivity (Wildman–Crippen MR) is 340 cm³/mol. The number of nitrogens with two attached hydrogens (primary N) is 2. The molecule has 1 aromatic carbocycles. The lowest BCUT2D eigenvalue weighted by Gasteiger charge is -2.36. The standard InChI is InChI=1S/C67H108N10O8/c1-52-23-22-24-60(74-52)77(66(83)57-29-28-56(84-4)48-59(57)76-44-31-53(32-45-76)50-85-64-47-55(30-38-73-64)58(49-65(81)82)54-26-27-54)51-67(2,3)35-21-19-17-15-13-11-9-7-5-6-8-10-12-14-16-18-20-25-61(78)72-41-46-75(42-33-62(79)70-39-36-68)43-34-63(80)71-40-37-69/h22-24,28-30,38,47-48,53-54,58H,5-21,25-27,31-37,39-46,49-51,68-69H2,1-4H3,(H,70,79)(H,71,80)(H,72,78)(H,81,82)/t58-/m0/s1. The lowest BCUT2D eigenvalue weighted by atomic mass is 9.85. The molecular weight excluding hydrogens is 1070 g/mol. The highest BCUT2D eigenvalue weighted by atomic mass is 16.5. The fourth-order valence-electron chi connectivity index (χ4n) is 11.6. The molecule has 2 aromatic heterocycles. The van der Waals surface area contributed by atoms with E-state index in [9.17, 15) is 29.1 Å². The third kappa shape index (κ3) is 28.0. The molecule has 1 saturated carbocycles. The second-order valence-corrected chi connectivity index (χ2v) is 24.8. The molecule has 2 fully saturated rings. The fourth-order valence-corrected chi connectivity index (χ4v) is 11.6. The number of ether oxygens (including phenoxy) is 2. The van der Waals surface area contributed by atoms with E-state index in [1.54, 1.807) is 13.3 Å². The van der Waals surface area contributed by atoms with Crippen LogP contribution in [0.5, 0.6) is 11.6 Å². The fraction of sp³-hybridized carbons (Fsp3) is 0.687. The highest BCUT2D eigenvalue weighted by Gasteiger charge is 2.35. The molecule has 474 valence electrons. The van der Waals surface area contributed by atoms with Gasteiger partial charge in [-0.15, -0.1) is 0 Å². The summed E-state index contributed by atoms with van der Waals surface area (Å²) in [6.07, 6.45) is 28.8. The Bertz CT molecular complexity index is 2410. The monoisotopic (exact) mass is 1180 g/mol. The number of methoxy groups -OCH3 is 1. The lowest BCUT2D eigenvalue weighted by Crippen LogP contribution is -2.41. The van der Waals surface area contributed by atoms with Gasteiger partial charge >= 0.3 is 5.97 Å². The largest absolute Gasteiger partial charge is 0.497 e. The van der Waals surface area contributed by atoms with Gasteiger partial charge in [0.15, 0.2) is 0 Å². The molecule has 1 aliphatic heterocycles. The van der Waals surface area contributed by atoms with Crippen LogP contribution in [-0.2, 0) is 19.2 Å². The van der Waals surface area contributed by atoms with E-state index in [2.05, 4.69) is 39.7 Å². The number of nitrogens with one attached hydrogen (secondary N) is 3. The first-order valence-corrected chi connectivity index (χ1v) is 32.6. The van der Waals surface area contributed by atoms with Crippen molar-refractivity contribution >= 4 is 41.1 Å². The first-order chi connectivity index (χ1) is 41.2. The molecule has 0 spiro atoms. The molecule has 5 rings (SSSR count). The van der Waals surface area contributed by atoms with E-state index in [0.29, 0.717) is 120 Å². The Hall–Kier alpha value is -5.85. The summed E-state index contributed by atoms with van der Waals surface area (Å²) in [6, 6.07) is 15.6. The van der Waals surface area contributed by atoms with Crippen LogP contribution in [0.4, 0.5) is 11.5 Å². The number of aromatic nitrogens is 2. The van der Waals surface area contributed by atoms with Gasteiger partial charge in [0.05, 0.1) is 31.4 Å². The van der Waals surface area contributed by atoms with Gasteiger partial charge in [-0.25, -0.2) is 9.97 Å². The zero-order valence-corrected chi connectivity index (χ0v) is 52.5. The summed E-state index contributed by atoms with van der Waals surface area (Å²) >= 11 is 0. The molecule has 1 atom stereocenters. The summed E-state index contributed by atoms with van der Waals surface area (Å²) in [5, 5.41) is 18.1. The van der Waals surface area contributed by atoms with Crippen LogP contribution in [0.25, 0.3) is 0 Å². The average Bonchev–Trinajstić information content (AvgIpc) is 4.07. The smallest absolute Gasteiger partial charge is 0.303 e. The molecular formula is C67H108N10O8. The Morgan fingerprint density at radius 2 is 1.27 bits per heavy atom. The van der Waals surface area contributed by atoms with E-state index >= 15 is 0 Å². The Morgan fingerprint density at radius 3 is 1.82 bits per heavy atom. The van der Waals surface area contributed by atoms with E-state index in [1.807, 2.05) is 65.3 Å². The molecule has 1 aliphatic carbocycles. The van der Waals surface area contributed by atoms with Gasteiger partial charge in [-0.1, -0.05) is 123 Å². The normalized spacial score (nSPS) is 14.0. The molecule has 1 saturated heterocycles. The van der Waals surface area contributed by atoms with Crippen molar-refractivity contribution in [2.75, 3.05) is 95.5 Å². The summed E-state index contributed by atoms with van der Waals surface area (Å²) in [5.74, 6) is 1.70. The Kier molecular flexibility index (Phi) is 32.7. The number of carboxylic acids is 1. The van der Waals surface area contributed by atoms with Gasteiger partial charge in [-0.3, -0.25) is 28.9 Å². The number of piperidine rings is 1. The number of unbranched alkanes of at least 4 members (excludes halogenated alkanes) is 16. The number of carbonyl (C=O) groups is 5. The number of hydrogen-bond acceptors (Lipinski definition) is 13. The van der Waals surface area contributed by atoms with Gasteiger partial charge in [0.25, 0.3) is 5.91 Å². The summed E-state index contributed by atoms with van der Waals surface area (Å²) in [4.78, 5) is 78.9. The van der Waals surface area contributed by atoms with Crippen LogP contribution >= 0.6 is 0 Å². The number of carboxylic acid groups (broad SMARTS) is 1. The van der Waals surface area contributed by atoms with Gasteiger partial charge in [-0.2, -0.15) is 0 Å². The van der Waals surface area contributed by atoms with E-state index < -0.39 is 5.97 Å². The third-order valence-electron chi connectivity index (χ3n) is 16.9. The summed E-state index contributed by atoms with van der Waals surface area (Å²) in [7, 11) is 1.66. The molecule has 3 heterocycles. The minimum atomic E-state index is -0.776. The number of aliphatic carboxylic acids is 1. The van der Waals surface area contributed by atoms with Gasteiger partial charge in [0.1, 0.15) is 11.6 Å². The SMILES string of the molecule is COc1ccc(C(=O)N(CC(C)(C)CCCCCCCCCCCCCCCCCCCC(=O)NCCN(CCC(=O)NCCN)CCC(=O)NCCN)c2cccc(C)n2)c(N2CCC(COc3cc([C@@H](CC(=O)O)C4CC4)ccn3)CC2)c1. The molecule has 0 unspecified atom stereocenters. The summed E-state index contributed by atoms with van der Waals surface area (Å²) < 4.78 is 12.0. The maximum atomic E-state index is 15.0. The summed E-state index contributed by atoms with van der Waals surface area (Å²) in [5.41, 5.74) is 14.2. The Labute approximate surface area is 509 Å². The topological polar surface area (TPSA) is 248 Å². The minimum Gasteiger partial charge on any atom is -0.497 e. The molecule has 4 amide bonds. The zero-order valence-electron chi connectivity index (χ0n) is 52.5. The molecule has 85 heavy (non-hydrogen) atoms. The average molecular weight is 1180 g/mol. The minimum absolute atomic E-state index is 0.00853. The number of nitrogens with zero attached hydrogens (tertiary/aromatic N) is 5. The van der Waals surface area contributed by atoms with Crippen LogP contribution < -0.4 is 46.7 Å². The van der Waals surface area contributed by atoms with E-state index in [4.69, 9.17) is 25.9 Å². The first kappa shape index (κ1) is 69.9. The maximum Gasteiger partial charge on any atom is 0.303 e. The molecule has 3 aromatic rings. The van der Waals surface area contributed by atoms with Crippen LogP contribution in [0.2, 0.25) is 0 Å². The van der Waals surface area contributed by atoms with Gasteiger partial charge in [-0.05, 0) is 105 Å². The summed E-state index contributed by atoms with van der Waals surface area (Å²) in [6.45, 7) is 12.8. The van der Waals surface area contributed by atoms with Crippen molar-refractivity contribution in [3.8, 4) is 11.6 Å². The predicted octanol–water partition coefficient (Wildman–Crippen LogP) is 10.5. The van der Waals surface area contributed by atoms with Crippen LogP contribution in [0.1, 0.15) is 208 Å². The second kappa shape index (κ2) is 39.8. The number of anilines is 2. The quantitative estimate of drug-likeness (QED) is 0.0288. The van der Waals surface area contributed by atoms with E-state index in [1.165, 1.54) is 83.5 Å². The van der Waals surface area contributed by atoms with Gasteiger partial charge < -0.3 is 51.8 Å². The highest BCUT2D eigenvalue weighted by molar-refractivity contribution is 6.09. The molecule has 0 radical (unpaired) electrons. The van der Waals surface area contributed by atoms with Crippen molar-refractivity contribution in [3.63, 3.8) is 0 Å². The van der Waals surface area contributed by atoms with Crippen molar-refractivity contribution in [1.82, 2.24) is 30.8 Å². The first-order valence-electron chi connectivity index (χ1n) is 32.6. The molecule has 18 nitrogen and oxygen atoms in total. The van der Waals surface area contributed by atoms with Gasteiger partial charge in [0, 0.05) is 115 Å². The number of hydrogen-bond donors (Lipinski definition) is 6. The van der Waals surface area contributed by atoms with Crippen LogP contribution in [-0.4, -0.2) is 135 Å². The number of pyridine rings is 2. The number of amides is 4. The van der Waals surface area contributed by atoms with Crippen LogP contribution in [0.15, 0.2) is 54.7 Å². The number of aryl methyl sites for hydroxylation is 1. The number of carbonyl (C=O) groups excluding carboxylic acids is 4. The number of rotatable bonds is 46. The van der Waals surface area contributed by atoms with Crippen molar-refractivity contribution in [1.29, 1.82) is 0 Å². The second-order valence-electron chi connectivity index (χ2n) is 24.8. The van der Waals surface area contributed by atoms with E-state index in [0.717, 1.165) is 87.8 Å². The van der Waals surface area contributed by atoms with Crippen molar-refractivity contribution in [2.45, 2.75) is 194 Å². The molecule has 2 aliphatic rings. The Balaban J connectivity index is 0.919. The Morgan fingerprint density at radius 1 is 0.706 bits per heavy atom. The highest BCUT2D eigenvalue weighted by Crippen LogP contribution is 2.45. The van der Waals surface area contributed by atoms with Crippen LogP contribution in [0.3, 0.4) is 0 Å². The number of benzene rings is 1. The van der Waals surface area contributed by atoms with E-state index in [-0.39, 0.29) is 41.4 Å². The van der Waals surface area contributed by atoms with Crippen molar-refractivity contribution in [2.24, 2.45) is 28.7 Å². The van der Waals surface area contributed by atoms with Crippen molar-refractivity contribution in [3.05, 3.63) is 71.5 Å². The maximum absolute atomic E-state index is 15.0. The molecule has 0 bridgehead atoms. The zero-order chi connectivity index (χ0) is 61.1. The van der Waals surface area contributed by atoms with Gasteiger partial charge in [0.2, 0.25) is 23.6 Å². The molecule has 8 N–H and O–H groups in total. The third-order valence-corrected chi connectivity index (χ3v) is 16.9.